The molecular weight excluding hydrogens is 252 g/mol. The van der Waals surface area contributed by atoms with Crippen molar-refractivity contribution in [3.63, 3.8) is 0 Å². The normalized spacial score (nSPS) is 10.7. The van der Waals surface area contributed by atoms with Gasteiger partial charge in [0.05, 0.1) is 11.3 Å². The fourth-order valence-corrected chi connectivity index (χ4v) is 2.37. The highest BCUT2D eigenvalue weighted by molar-refractivity contribution is 6.07. The minimum atomic E-state index is -0.0611. The molecule has 2 N–H and O–H groups in total. The summed E-state index contributed by atoms with van der Waals surface area (Å²) in [7, 11) is 3.61. The lowest BCUT2D eigenvalue weighted by Gasteiger charge is -2.20. The Kier molecular flexibility index (Phi) is 3.90. The number of aromatic nitrogens is 2. The number of carbonyl (C=O) groups excluding carboxylic acids is 1. The second-order valence-corrected chi connectivity index (χ2v) is 4.87. The van der Waals surface area contributed by atoms with Gasteiger partial charge in [0.15, 0.2) is 0 Å². The van der Waals surface area contributed by atoms with Crippen molar-refractivity contribution in [3.05, 3.63) is 46.8 Å². The lowest BCUT2D eigenvalue weighted by atomic mass is 10.1. The van der Waals surface area contributed by atoms with E-state index >= 15 is 0 Å². The number of amides is 1. The molecule has 0 saturated carbocycles. The molecule has 0 unspecified atom stereocenters. The summed E-state index contributed by atoms with van der Waals surface area (Å²) in [5, 5.41) is 4.29. The van der Waals surface area contributed by atoms with Crippen molar-refractivity contribution in [1.29, 1.82) is 0 Å². The molecule has 0 fully saturated rings. The van der Waals surface area contributed by atoms with Crippen LogP contribution in [0.1, 0.15) is 27.3 Å². The maximum absolute atomic E-state index is 12.7. The second kappa shape index (κ2) is 5.46. The monoisotopic (exact) mass is 272 g/mol. The number of hydrogen-bond donors (Lipinski definition) is 1. The SMILES string of the molecule is Cc1nn(C)c(C)c1C(=O)N(C)c1ccccc1CN. The van der Waals surface area contributed by atoms with Gasteiger partial charge in [0.2, 0.25) is 0 Å². The molecule has 0 aliphatic heterocycles. The van der Waals surface area contributed by atoms with E-state index < -0.39 is 0 Å². The molecule has 0 saturated heterocycles. The number of nitrogens with zero attached hydrogens (tertiary/aromatic N) is 3. The molecule has 0 radical (unpaired) electrons. The van der Waals surface area contributed by atoms with Gasteiger partial charge in [-0.2, -0.15) is 5.10 Å². The average molecular weight is 272 g/mol. The van der Waals surface area contributed by atoms with Gasteiger partial charge in [0, 0.05) is 32.0 Å². The van der Waals surface area contributed by atoms with Gasteiger partial charge in [-0.25, -0.2) is 0 Å². The molecule has 0 atom stereocenters. The van der Waals surface area contributed by atoms with Crippen LogP contribution in [0.4, 0.5) is 5.69 Å². The highest BCUT2D eigenvalue weighted by Crippen LogP contribution is 2.22. The van der Waals surface area contributed by atoms with Gasteiger partial charge < -0.3 is 10.6 Å². The Morgan fingerprint density at radius 2 is 2.00 bits per heavy atom. The quantitative estimate of drug-likeness (QED) is 0.926. The molecular formula is C15H20N4O. The lowest BCUT2D eigenvalue weighted by Crippen LogP contribution is -2.28. The third-order valence-corrected chi connectivity index (χ3v) is 3.60. The van der Waals surface area contributed by atoms with E-state index in [4.69, 9.17) is 5.73 Å². The molecule has 2 aromatic rings. The van der Waals surface area contributed by atoms with Gasteiger partial charge in [-0.05, 0) is 25.5 Å². The molecule has 20 heavy (non-hydrogen) atoms. The van der Waals surface area contributed by atoms with Crippen molar-refractivity contribution < 1.29 is 4.79 Å². The number of hydrogen-bond acceptors (Lipinski definition) is 3. The average Bonchev–Trinajstić information content (AvgIpc) is 2.70. The van der Waals surface area contributed by atoms with Gasteiger partial charge in [0.1, 0.15) is 0 Å². The van der Waals surface area contributed by atoms with Crippen LogP contribution in [-0.4, -0.2) is 22.7 Å². The Balaban J connectivity index is 2.43. The van der Waals surface area contributed by atoms with Crippen molar-refractivity contribution in [2.75, 3.05) is 11.9 Å². The van der Waals surface area contributed by atoms with Crippen LogP contribution in [0, 0.1) is 13.8 Å². The number of anilines is 1. The number of benzene rings is 1. The van der Waals surface area contributed by atoms with E-state index in [0.29, 0.717) is 12.1 Å². The van der Waals surface area contributed by atoms with Gasteiger partial charge in [-0.3, -0.25) is 9.48 Å². The zero-order valence-electron chi connectivity index (χ0n) is 12.3. The first-order valence-corrected chi connectivity index (χ1v) is 6.53. The topological polar surface area (TPSA) is 64.2 Å². The van der Waals surface area contributed by atoms with E-state index in [-0.39, 0.29) is 5.91 Å². The van der Waals surface area contributed by atoms with Gasteiger partial charge >= 0.3 is 0 Å². The molecule has 0 aliphatic rings. The summed E-state index contributed by atoms with van der Waals surface area (Å²) >= 11 is 0. The molecule has 1 heterocycles. The fraction of sp³-hybridized carbons (Fsp3) is 0.333. The van der Waals surface area contributed by atoms with Gasteiger partial charge in [-0.1, -0.05) is 18.2 Å². The Bertz CT molecular complexity index is 645. The number of rotatable bonds is 3. The zero-order chi connectivity index (χ0) is 14.9. The first-order chi connectivity index (χ1) is 9.47. The summed E-state index contributed by atoms with van der Waals surface area (Å²) in [4.78, 5) is 14.3. The predicted octanol–water partition coefficient (Wildman–Crippen LogP) is 1.77. The van der Waals surface area contributed by atoms with Crippen LogP contribution in [0.2, 0.25) is 0 Å². The van der Waals surface area contributed by atoms with Crippen molar-refractivity contribution in [1.82, 2.24) is 9.78 Å². The van der Waals surface area contributed by atoms with Crippen LogP contribution in [0.25, 0.3) is 0 Å². The first-order valence-electron chi connectivity index (χ1n) is 6.53. The Morgan fingerprint density at radius 3 is 2.55 bits per heavy atom. The summed E-state index contributed by atoms with van der Waals surface area (Å²) in [6.07, 6.45) is 0. The summed E-state index contributed by atoms with van der Waals surface area (Å²) < 4.78 is 1.73. The highest BCUT2D eigenvalue weighted by Gasteiger charge is 2.22. The fourth-order valence-electron chi connectivity index (χ4n) is 2.37. The largest absolute Gasteiger partial charge is 0.326 e. The second-order valence-electron chi connectivity index (χ2n) is 4.87. The van der Waals surface area contributed by atoms with Crippen molar-refractivity contribution >= 4 is 11.6 Å². The smallest absolute Gasteiger partial charge is 0.261 e. The Morgan fingerprint density at radius 1 is 1.35 bits per heavy atom. The Hall–Kier alpha value is -2.14. The van der Waals surface area contributed by atoms with E-state index in [9.17, 15) is 4.79 Å². The molecule has 5 nitrogen and oxygen atoms in total. The van der Waals surface area contributed by atoms with Crippen LogP contribution in [0.15, 0.2) is 24.3 Å². The van der Waals surface area contributed by atoms with Crippen LogP contribution >= 0.6 is 0 Å². The molecule has 1 aromatic carbocycles. The molecule has 5 heteroatoms. The summed E-state index contributed by atoms with van der Waals surface area (Å²) in [6, 6.07) is 7.66. The standard InChI is InChI=1S/C15H20N4O/c1-10-14(11(2)19(4)17-10)15(20)18(3)13-8-6-5-7-12(13)9-16/h5-8H,9,16H2,1-4H3. The maximum Gasteiger partial charge on any atom is 0.261 e. The first kappa shape index (κ1) is 14.3. The number of aryl methyl sites for hydroxylation is 2. The highest BCUT2D eigenvalue weighted by atomic mass is 16.2. The van der Waals surface area contributed by atoms with Crippen molar-refractivity contribution in [2.45, 2.75) is 20.4 Å². The lowest BCUT2D eigenvalue weighted by molar-refractivity contribution is 0.0991. The van der Waals surface area contributed by atoms with Crippen LogP contribution in [0.3, 0.4) is 0 Å². The summed E-state index contributed by atoms with van der Waals surface area (Å²) in [5.74, 6) is -0.0611. The number of para-hydroxylation sites is 1. The molecule has 0 aliphatic carbocycles. The molecule has 2 rings (SSSR count). The van der Waals surface area contributed by atoms with Crippen molar-refractivity contribution in [2.24, 2.45) is 12.8 Å². The van der Waals surface area contributed by atoms with Crippen LogP contribution < -0.4 is 10.6 Å². The summed E-state index contributed by atoms with van der Waals surface area (Å²) in [6.45, 7) is 4.15. The van der Waals surface area contributed by atoms with E-state index in [1.807, 2.05) is 45.2 Å². The zero-order valence-corrected chi connectivity index (χ0v) is 12.3. The molecule has 0 bridgehead atoms. The molecule has 106 valence electrons. The molecule has 0 spiro atoms. The van der Waals surface area contributed by atoms with Crippen molar-refractivity contribution in [3.8, 4) is 0 Å². The number of carbonyl (C=O) groups is 1. The third kappa shape index (κ3) is 2.32. The molecule has 1 aromatic heterocycles. The van der Waals surface area contributed by atoms with E-state index in [1.54, 1.807) is 16.6 Å². The van der Waals surface area contributed by atoms with Gasteiger partial charge in [0.25, 0.3) is 5.91 Å². The minimum Gasteiger partial charge on any atom is -0.326 e. The van der Waals surface area contributed by atoms with E-state index in [2.05, 4.69) is 5.10 Å². The summed E-state index contributed by atoms with van der Waals surface area (Å²) in [5.41, 5.74) is 9.78. The molecule has 1 amide bonds. The van der Waals surface area contributed by atoms with E-state index in [0.717, 1.165) is 22.6 Å². The van der Waals surface area contributed by atoms with Crippen LogP contribution in [-0.2, 0) is 13.6 Å². The van der Waals surface area contributed by atoms with Gasteiger partial charge in [-0.15, -0.1) is 0 Å². The van der Waals surface area contributed by atoms with E-state index in [1.165, 1.54) is 0 Å². The maximum atomic E-state index is 12.7. The Labute approximate surface area is 119 Å². The third-order valence-electron chi connectivity index (χ3n) is 3.60. The minimum absolute atomic E-state index is 0.0611. The number of nitrogens with two attached hydrogens (primary N) is 1. The predicted molar refractivity (Wildman–Crippen MR) is 79.7 cm³/mol. The van der Waals surface area contributed by atoms with Crippen LogP contribution in [0.5, 0.6) is 0 Å².